The van der Waals surface area contributed by atoms with Gasteiger partial charge in [-0.1, -0.05) is 127 Å². The second-order valence-electron chi connectivity index (χ2n) is 14.9. The highest BCUT2D eigenvalue weighted by Crippen LogP contribution is 2.48. The van der Waals surface area contributed by atoms with E-state index in [0.29, 0.717) is 11.1 Å². The summed E-state index contributed by atoms with van der Waals surface area (Å²) in [7, 11) is 0. The minimum absolute atomic E-state index is 0.624. The Balaban J connectivity index is 1.18. The number of hydrogen-bond donors (Lipinski definition) is 0. The van der Waals surface area contributed by atoms with E-state index in [-0.39, 0.29) is 0 Å². The number of para-hydroxylation sites is 1. The van der Waals surface area contributed by atoms with Gasteiger partial charge in [-0.05, 0) is 124 Å². The lowest BCUT2D eigenvalue weighted by Gasteiger charge is -2.32. The van der Waals surface area contributed by atoms with Crippen LogP contribution in [0.3, 0.4) is 0 Å². The van der Waals surface area contributed by atoms with Crippen LogP contribution in [-0.4, -0.2) is 0 Å². The van der Waals surface area contributed by atoms with Gasteiger partial charge in [-0.3, -0.25) is 0 Å². The van der Waals surface area contributed by atoms with E-state index in [1.807, 2.05) is 36.4 Å². The van der Waals surface area contributed by atoms with Crippen LogP contribution in [0.1, 0.15) is 42.4 Å². The van der Waals surface area contributed by atoms with Crippen molar-refractivity contribution in [3.05, 3.63) is 204 Å². The Morgan fingerprint density at radius 3 is 1.59 bits per heavy atom. The highest BCUT2D eigenvalue weighted by Gasteiger charge is 2.25. The van der Waals surface area contributed by atoms with E-state index in [0.717, 1.165) is 98.1 Å². The Labute approximate surface area is 338 Å². The Morgan fingerprint density at radius 1 is 0.448 bits per heavy atom. The zero-order valence-corrected chi connectivity index (χ0v) is 31.9. The smallest absolute Gasteiger partial charge is 0.101 e. The molecule has 0 radical (unpaired) electrons. The minimum Gasteiger partial charge on any atom is -0.312 e. The van der Waals surface area contributed by atoms with Crippen molar-refractivity contribution in [2.75, 3.05) is 9.80 Å². The Morgan fingerprint density at radius 2 is 0.983 bits per heavy atom. The molecule has 0 fully saturated rings. The van der Waals surface area contributed by atoms with E-state index in [4.69, 9.17) is 0 Å². The summed E-state index contributed by atoms with van der Waals surface area (Å²) in [6, 6.07) is 56.0. The topological polar surface area (TPSA) is 54.1 Å². The molecule has 274 valence electrons. The van der Waals surface area contributed by atoms with Crippen molar-refractivity contribution >= 4 is 66.3 Å². The Hall–Kier alpha value is -7.66. The summed E-state index contributed by atoms with van der Waals surface area (Å²) in [5, 5.41) is 28.2. The molecule has 0 spiro atoms. The number of anilines is 5. The molecule has 4 nitrogen and oxygen atoms in total. The van der Waals surface area contributed by atoms with Crippen molar-refractivity contribution in [1.29, 1.82) is 10.5 Å². The quantitative estimate of drug-likeness (QED) is 0.145. The number of rotatable bonds is 8. The van der Waals surface area contributed by atoms with E-state index in [1.165, 1.54) is 16.3 Å². The van der Waals surface area contributed by atoms with Crippen molar-refractivity contribution in [3.8, 4) is 23.3 Å². The van der Waals surface area contributed by atoms with Gasteiger partial charge < -0.3 is 9.80 Å². The summed E-state index contributed by atoms with van der Waals surface area (Å²) in [6.45, 7) is 0. The fourth-order valence-electron chi connectivity index (χ4n) is 8.85. The van der Waals surface area contributed by atoms with Gasteiger partial charge in [0.15, 0.2) is 0 Å². The lowest BCUT2D eigenvalue weighted by atomic mass is 9.91. The maximum atomic E-state index is 10.7. The van der Waals surface area contributed by atoms with Gasteiger partial charge in [0, 0.05) is 22.2 Å². The fourth-order valence-corrected chi connectivity index (χ4v) is 8.85. The molecular formula is C54H38N4. The summed E-state index contributed by atoms with van der Waals surface area (Å²) in [4.78, 5) is 4.54. The lowest BCUT2D eigenvalue weighted by Crippen LogP contribution is -2.19. The van der Waals surface area contributed by atoms with E-state index in [1.54, 1.807) is 0 Å². The van der Waals surface area contributed by atoms with Gasteiger partial charge in [-0.2, -0.15) is 10.5 Å². The second-order valence-corrected chi connectivity index (χ2v) is 14.9. The molecule has 0 N–H and O–H groups in total. The predicted octanol–water partition coefficient (Wildman–Crippen LogP) is 14.6. The minimum atomic E-state index is 0.624. The molecule has 0 aromatic heterocycles. The third-order valence-corrected chi connectivity index (χ3v) is 11.6. The van der Waals surface area contributed by atoms with Gasteiger partial charge in [0.25, 0.3) is 0 Å². The molecule has 2 aliphatic carbocycles. The van der Waals surface area contributed by atoms with Gasteiger partial charge in [0.1, 0.15) is 12.1 Å². The van der Waals surface area contributed by atoms with Crippen molar-refractivity contribution in [3.63, 3.8) is 0 Å². The van der Waals surface area contributed by atoms with Gasteiger partial charge in [0.05, 0.1) is 33.9 Å². The zero-order valence-electron chi connectivity index (χ0n) is 31.9. The SMILES string of the molecule is N#Cc1cc(-c2ccccc2)ccc1N(C1=CC=CCC1)c1ccc2ccc3c(N(c4ccccc4)c4ccc(C5=CC=CCC5)cc4C#N)ccc4ccc1c2c43. The molecule has 0 bridgehead atoms. The standard InChI is InChI=1S/C54H38N4/c55-35-43-33-41(37-13-5-1-6-14-37)25-29-49(43)57(45-17-9-3-10-18-45)51-31-23-39-22-28-48-52(32-24-40-21-27-47(51)53(39)54(40)48)58(46-19-11-4-12-20-46)50-30-26-42(34-44(50)36-56)38-15-7-2-8-16-38/h1-7,9,11-15,17,19-34H,8,10,16,18H2. The summed E-state index contributed by atoms with van der Waals surface area (Å²) in [5.41, 5.74) is 11.5. The third kappa shape index (κ3) is 6.00. The molecular weight excluding hydrogens is 705 g/mol. The largest absolute Gasteiger partial charge is 0.312 e. The van der Waals surface area contributed by atoms with Gasteiger partial charge in [-0.25, -0.2) is 0 Å². The molecule has 8 aromatic rings. The van der Waals surface area contributed by atoms with E-state index < -0.39 is 0 Å². The van der Waals surface area contributed by atoms with Crippen LogP contribution >= 0.6 is 0 Å². The molecule has 0 heterocycles. The van der Waals surface area contributed by atoms with E-state index in [2.05, 4.69) is 168 Å². The molecule has 4 heteroatoms. The summed E-state index contributed by atoms with van der Waals surface area (Å²) in [6.07, 6.45) is 16.7. The molecule has 0 saturated carbocycles. The first-order valence-electron chi connectivity index (χ1n) is 19.9. The molecule has 0 atom stereocenters. The number of allylic oxidation sites excluding steroid dienone is 8. The number of nitriles is 2. The predicted molar refractivity (Wildman–Crippen MR) is 241 cm³/mol. The fraction of sp³-hybridized carbons (Fsp3) is 0.0741. The lowest BCUT2D eigenvalue weighted by molar-refractivity contribution is 0.918. The molecule has 0 amide bonds. The van der Waals surface area contributed by atoms with Gasteiger partial charge >= 0.3 is 0 Å². The molecule has 0 saturated heterocycles. The monoisotopic (exact) mass is 742 g/mol. The normalized spacial score (nSPS) is 13.6. The highest BCUT2D eigenvalue weighted by molar-refractivity contribution is 6.28. The van der Waals surface area contributed by atoms with Crippen LogP contribution in [0.2, 0.25) is 0 Å². The number of nitrogens with zero attached hydrogens (tertiary/aromatic N) is 4. The molecule has 0 unspecified atom stereocenters. The van der Waals surface area contributed by atoms with Gasteiger partial charge in [-0.15, -0.1) is 0 Å². The van der Waals surface area contributed by atoms with E-state index >= 15 is 0 Å². The third-order valence-electron chi connectivity index (χ3n) is 11.6. The zero-order chi connectivity index (χ0) is 39.0. The summed E-state index contributed by atoms with van der Waals surface area (Å²) in [5.74, 6) is 0. The van der Waals surface area contributed by atoms with Crippen LogP contribution in [0.25, 0.3) is 49.0 Å². The Kier molecular flexibility index (Phi) is 8.87. The molecule has 8 aromatic carbocycles. The van der Waals surface area contributed by atoms with Crippen LogP contribution < -0.4 is 9.80 Å². The summed E-state index contributed by atoms with van der Waals surface area (Å²) >= 11 is 0. The molecule has 58 heavy (non-hydrogen) atoms. The Bertz CT molecular complexity index is 3080. The first-order chi connectivity index (χ1) is 28.7. The molecule has 2 aliphatic rings. The van der Waals surface area contributed by atoms with Crippen molar-refractivity contribution in [2.45, 2.75) is 25.7 Å². The average Bonchev–Trinajstić information content (AvgIpc) is 3.30. The van der Waals surface area contributed by atoms with Crippen molar-refractivity contribution < 1.29 is 0 Å². The summed E-state index contributed by atoms with van der Waals surface area (Å²) < 4.78 is 0. The van der Waals surface area contributed by atoms with Crippen molar-refractivity contribution in [1.82, 2.24) is 0 Å². The second kappa shape index (κ2) is 14.8. The number of benzene rings is 8. The van der Waals surface area contributed by atoms with Crippen LogP contribution in [0.15, 0.2) is 188 Å². The van der Waals surface area contributed by atoms with E-state index in [9.17, 15) is 10.5 Å². The number of hydrogen-bond acceptors (Lipinski definition) is 4. The first kappa shape index (κ1) is 34.8. The average molecular weight is 743 g/mol. The van der Waals surface area contributed by atoms with Crippen LogP contribution in [-0.2, 0) is 0 Å². The first-order valence-corrected chi connectivity index (χ1v) is 19.9. The maximum absolute atomic E-state index is 10.7. The molecule has 10 rings (SSSR count). The van der Waals surface area contributed by atoms with Crippen LogP contribution in [0.4, 0.5) is 28.4 Å². The highest BCUT2D eigenvalue weighted by atomic mass is 15.2. The van der Waals surface area contributed by atoms with Gasteiger partial charge in [0.2, 0.25) is 0 Å². The maximum Gasteiger partial charge on any atom is 0.101 e. The van der Waals surface area contributed by atoms with Crippen molar-refractivity contribution in [2.24, 2.45) is 0 Å². The van der Waals surface area contributed by atoms with Crippen LogP contribution in [0, 0.1) is 22.7 Å². The van der Waals surface area contributed by atoms with Crippen LogP contribution in [0.5, 0.6) is 0 Å². The molecule has 0 aliphatic heterocycles.